The Morgan fingerprint density at radius 1 is 1.73 bits per heavy atom. The van der Waals surface area contributed by atoms with Gasteiger partial charge in [0.1, 0.15) is 5.69 Å². The first kappa shape index (κ1) is 8.33. The Kier molecular flexibility index (Phi) is 3.16. The molecule has 1 aromatic rings. The van der Waals surface area contributed by atoms with Crippen molar-refractivity contribution in [2.75, 3.05) is 0 Å². The highest BCUT2D eigenvalue weighted by molar-refractivity contribution is 6.99. The van der Waals surface area contributed by atoms with E-state index >= 15 is 0 Å². The normalized spacial score (nSPS) is 9.91. The van der Waals surface area contributed by atoms with E-state index in [1.54, 1.807) is 0 Å². The van der Waals surface area contributed by atoms with E-state index in [-0.39, 0.29) is 5.78 Å². The van der Waals surface area contributed by atoms with Crippen molar-refractivity contribution in [2.24, 2.45) is 0 Å². The third-order valence-electron chi connectivity index (χ3n) is 1.40. The van der Waals surface area contributed by atoms with Gasteiger partial charge in [-0.1, -0.05) is 13.3 Å². The second-order valence-electron chi connectivity index (χ2n) is 2.32. The third kappa shape index (κ3) is 2.38. The van der Waals surface area contributed by atoms with E-state index in [0.29, 0.717) is 12.1 Å². The fourth-order valence-corrected chi connectivity index (χ4v) is 1.18. The Morgan fingerprint density at radius 3 is 3.09 bits per heavy atom. The number of aromatic nitrogens is 2. The van der Waals surface area contributed by atoms with Crippen LogP contribution in [0.4, 0.5) is 0 Å². The average molecular weight is 170 g/mol. The summed E-state index contributed by atoms with van der Waals surface area (Å²) in [5.74, 6) is 0.112. The minimum Gasteiger partial charge on any atom is -0.292 e. The van der Waals surface area contributed by atoms with Crippen molar-refractivity contribution < 1.29 is 4.79 Å². The van der Waals surface area contributed by atoms with E-state index in [0.717, 1.165) is 24.6 Å². The molecule has 1 aromatic heterocycles. The molecular formula is C7H10N2OS. The maximum Gasteiger partial charge on any atom is 0.183 e. The summed E-state index contributed by atoms with van der Waals surface area (Å²) in [6.07, 6.45) is 4.12. The molecule has 0 saturated heterocycles. The first-order valence-electron chi connectivity index (χ1n) is 3.65. The summed E-state index contributed by atoms with van der Waals surface area (Å²) < 4.78 is 7.61. The minimum absolute atomic E-state index is 0.112. The van der Waals surface area contributed by atoms with E-state index in [2.05, 4.69) is 15.7 Å². The fraction of sp³-hybridized carbons (Fsp3) is 0.571. The number of carbonyl (C=O) groups excluding carboxylic acids is 1. The van der Waals surface area contributed by atoms with Crippen LogP contribution in [0, 0.1) is 0 Å². The van der Waals surface area contributed by atoms with Gasteiger partial charge in [-0.3, -0.25) is 4.79 Å². The quantitative estimate of drug-likeness (QED) is 0.648. The van der Waals surface area contributed by atoms with Crippen LogP contribution in [0.2, 0.25) is 0 Å². The molecule has 1 heterocycles. The van der Waals surface area contributed by atoms with Crippen LogP contribution in [0.25, 0.3) is 0 Å². The van der Waals surface area contributed by atoms with E-state index in [4.69, 9.17) is 0 Å². The topological polar surface area (TPSA) is 42.9 Å². The zero-order valence-corrected chi connectivity index (χ0v) is 7.23. The van der Waals surface area contributed by atoms with Gasteiger partial charge >= 0.3 is 0 Å². The average Bonchev–Trinajstić information content (AvgIpc) is 2.52. The molecule has 3 nitrogen and oxygen atoms in total. The lowest BCUT2D eigenvalue weighted by atomic mass is 10.1. The maximum atomic E-state index is 11.2. The van der Waals surface area contributed by atoms with Crippen molar-refractivity contribution in [3.05, 3.63) is 11.9 Å². The lowest BCUT2D eigenvalue weighted by Crippen LogP contribution is -1.97. The van der Waals surface area contributed by atoms with Gasteiger partial charge in [0.05, 0.1) is 17.9 Å². The highest BCUT2D eigenvalue weighted by Gasteiger charge is 2.06. The van der Waals surface area contributed by atoms with Gasteiger partial charge in [0.15, 0.2) is 5.78 Å². The molecule has 0 atom stereocenters. The summed E-state index contributed by atoms with van der Waals surface area (Å²) in [5, 5.41) is 0. The number of ketones is 1. The smallest absolute Gasteiger partial charge is 0.183 e. The number of unbranched alkanes of at least 4 members (excludes halogenated alkanes) is 1. The van der Waals surface area contributed by atoms with Crippen LogP contribution in [0.3, 0.4) is 0 Å². The zero-order chi connectivity index (χ0) is 8.10. The Balaban J connectivity index is 2.43. The minimum atomic E-state index is 0.112. The number of hydrogen-bond donors (Lipinski definition) is 0. The SMILES string of the molecule is CCCCC(=O)c1cnsn1. The van der Waals surface area contributed by atoms with Crippen LogP contribution in [0.5, 0.6) is 0 Å². The molecule has 60 valence electrons. The van der Waals surface area contributed by atoms with Crippen LogP contribution in [-0.2, 0) is 0 Å². The molecule has 0 fully saturated rings. The van der Waals surface area contributed by atoms with Gasteiger partial charge < -0.3 is 0 Å². The summed E-state index contributed by atoms with van der Waals surface area (Å²) >= 11 is 1.08. The van der Waals surface area contributed by atoms with Crippen molar-refractivity contribution in [1.29, 1.82) is 0 Å². The second kappa shape index (κ2) is 4.18. The van der Waals surface area contributed by atoms with Crippen LogP contribution < -0.4 is 0 Å². The fourth-order valence-electron chi connectivity index (χ4n) is 0.753. The highest BCUT2D eigenvalue weighted by atomic mass is 32.1. The molecule has 0 N–H and O–H groups in total. The van der Waals surface area contributed by atoms with Gasteiger partial charge in [-0.05, 0) is 6.42 Å². The molecule has 0 saturated carbocycles. The first-order chi connectivity index (χ1) is 5.34. The molecule has 4 heteroatoms. The van der Waals surface area contributed by atoms with Crippen LogP contribution in [0.15, 0.2) is 6.20 Å². The number of hydrogen-bond acceptors (Lipinski definition) is 4. The molecule has 11 heavy (non-hydrogen) atoms. The summed E-state index contributed by atoms with van der Waals surface area (Å²) in [7, 11) is 0. The maximum absolute atomic E-state index is 11.2. The Bertz CT molecular complexity index is 220. The van der Waals surface area contributed by atoms with Gasteiger partial charge in [-0.2, -0.15) is 8.75 Å². The molecular weight excluding hydrogens is 160 g/mol. The summed E-state index contributed by atoms with van der Waals surface area (Å²) in [5.41, 5.74) is 0.517. The summed E-state index contributed by atoms with van der Waals surface area (Å²) in [6.45, 7) is 2.06. The molecule has 1 rings (SSSR count). The van der Waals surface area contributed by atoms with Gasteiger partial charge in [0.2, 0.25) is 0 Å². The Labute approximate surface area is 69.8 Å². The van der Waals surface area contributed by atoms with Crippen LogP contribution >= 0.6 is 11.7 Å². The van der Waals surface area contributed by atoms with Gasteiger partial charge in [0.25, 0.3) is 0 Å². The number of rotatable bonds is 4. The molecule has 0 radical (unpaired) electrons. The first-order valence-corrected chi connectivity index (χ1v) is 4.38. The van der Waals surface area contributed by atoms with Gasteiger partial charge in [-0.15, -0.1) is 0 Å². The second-order valence-corrected chi connectivity index (χ2v) is 2.88. The van der Waals surface area contributed by atoms with Crippen molar-refractivity contribution >= 4 is 17.5 Å². The predicted octanol–water partition coefficient (Wildman–Crippen LogP) is 1.91. The zero-order valence-electron chi connectivity index (χ0n) is 6.41. The highest BCUT2D eigenvalue weighted by Crippen LogP contribution is 2.03. The number of nitrogens with zero attached hydrogens (tertiary/aromatic N) is 2. The van der Waals surface area contributed by atoms with Gasteiger partial charge in [0, 0.05) is 6.42 Å². The molecule has 0 aromatic carbocycles. The van der Waals surface area contributed by atoms with E-state index in [1.165, 1.54) is 6.20 Å². The number of carbonyl (C=O) groups is 1. The molecule has 0 aliphatic carbocycles. The molecule has 0 aliphatic rings. The molecule has 0 unspecified atom stereocenters. The van der Waals surface area contributed by atoms with E-state index in [1.807, 2.05) is 0 Å². The van der Waals surface area contributed by atoms with Crippen LogP contribution in [0.1, 0.15) is 36.7 Å². The lowest BCUT2D eigenvalue weighted by Gasteiger charge is -1.91. The molecule has 0 amide bonds. The molecule has 0 bridgehead atoms. The van der Waals surface area contributed by atoms with Crippen molar-refractivity contribution in [3.63, 3.8) is 0 Å². The lowest BCUT2D eigenvalue weighted by molar-refractivity contribution is 0.0976. The number of Topliss-reactive ketones (excluding diaryl/α,β-unsaturated/α-hetero) is 1. The molecule has 0 aliphatic heterocycles. The largest absolute Gasteiger partial charge is 0.292 e. The van der Waals surface area contributed by atoms with Crippen molar-refractivity contribution in [1.82, 2.24) is 8.75 Å². The predicted molar refractivity (Wildman–Crippen MR) is 43.8 cm³/mol. The van der Waals surface area contributed by atoms with E-state index < -0.39 is 0 Å². The Hall–Kier alpha value is -0.770. The van der Waals surface area contributed by atoms with Crippen LogP contribution in [-0.4, -0.2) is 14.5 Å². The van der Waals surface area contributed by atoms with Crippen molar-refractivity contribution in [2.45, 2.75) is 26.2 Å². The summed E-state index contributed by atoms with van der Waals surface area (Å²) in [6, 6.07) is 0. The summed E-state index contributed by atoms with van der Waals surface area (Å²) in [4.78, 5) is 11.2. The third-order valence-corrected chi connectivity index (χ3v) is 1.88. The molecule has 0 spiro atoms. The monoisotopic (exact) mass is 170 g/mol. The standard InChI is InChI=1S/C7H10N2OS/c1-2-3-4-7(10)6-5-8-11-9-6/h5H,2-4H2,1H3. The van der Waals surface area contributed by atoms with Crippen molar-refractivity contribution in [3.8, 4) is 0 Å². The van der Waals surface area contributed by atoms with E-state index in [9.17, 15) is 4.79 Å². The Morgan fingerprint density at radius 2 is 2.55 bits per heavy atom. The van der Waals surface area contributed by atoms with Gasteiger partial charge in [-0.25, -0.2) is 0 Å².